The topological polar surface area (TPSA) is 78.5 Å². The van der Waals surface area contributed by atoms with E-state index >= 15 is 0 Å². The maximum atomic E-state index is 12.3. The van der Waals surface area contributed by atoms with E-state index in [4.69, 9.17) is 0 Å². The van der Waals surface area contributed by atoms with Crippen LogP contribution in [0, 0.1) is 0 Å². The van der Waals surface area contributed by atoms with Gasteiger partial charge in [0.15, 0.2) is 0 Å². The number of hydrogen-bond acceptors (Lipinski definition) is 3. The highest BCUT2D eigenvalue weighted by molar-refractivity contribution is 6.04. The maximum Gasteiger partial charge on any atom is 0.243 e. The van der Waals surface area contributed by atoms with Gasteiger partial charge in [0, 0.05) is 18.2 Å². The van der Waals surface area contributed by atoms with E-state index < -0.39 is 6.04 Å². The Balaban J connectivity index is 1.60. The molecule has 1 aromatic carbocycles. The second kappa shape index (κ2) is 6.17. The average molecular weight is 301 g/mol. The molecule has 116 valence electrons. The Labute approximate surface area is 128 Å². The third-order valence-corrected chi connectivity index (χ3v) is 3.91. The summed E-state index contributed by atoms with van der Waals surface area (Å²) in [5, 5.41) is 5.45. The maximum absolute atomic E-state index is 12.3. The molecular weight excluding hydrogens is 282 g/mol. The zero-order chi connectivity index (χ0) is 15.5. The lowest BCUT2D eigenvalue weighted by atomic mass is 10.2. The smallest absolute Gasteiger partial charge is 0.243 e. The van der Waals surface area contributed by atoms with Crippen molar-refractivity contribution in [3.63, 3.8) is 0 Å². The van der Waals surface area contributed by atoms with E-state index in [0.717, 1.165) is 12.8 Å². The molecule has 2 aliphatic rings. The fourth-order valence-corrected chi connectivity index (χ4v) is 2.64. The number of nitrogens with one attached hydrogen (secondary N) is 2. The van der Waals surface area contributed by atoms with Gasteiger partial charge < -0.3 is 10.6 Å². The van der Waals surface area contributed by atoms with E-state index in [0.29, 0.717) is 18.5 Å². The number of para-hydroxylation sites is 1. The number of rotatable bonds is 5. The van der Waals surface area contributed by atoms with Crippen molar-refractivity contribution in [1.29, 1.82) is 0 Å². The Morgan fingerprint density at radius 1 is 1.14 bits per heavy atom. The molecule has 1 heterocycles. The van der Waals surface area contributed by atoms with E-state index in [2.05, 4.69) is 10.6 Å². The fourth-order valence-electron chi connectivity index (χ4n) is 2.64. The van der Waals surface area contributed by atoms with Gasteiger partial charge in [-0.05, 0) is 31.4 Å². The van der Waals surface area contributed by atoms with Crippen molar-refractivity contribution in [3.8, 4) is 0 Å². The van der Waals surface area contributed by atoms with Crippen molar-refractivity contribution in [2.75, 3.05) is 11.4 Å². The van der Waals surface area contributed by atoms with E-state index in [9.17, 15) is 14.4 Å². The van der Waals surface area contributed by atoms with Crippen molar-refractivity contribution in [1.82, 2.24) is 10.6 Å². The van der Waals surface area contributed by atoms with Crippen LogP contribution in [-0.4, -0.2) is 36.3 Å². The molecule has 3 amide bonds. The standard InChI is InChI=1S/C16H19N3O3/c20-14(18-11-6-7-11)10-17-16(22)13-8-9-15(21)19(13)12-4-2-1-3-5-12/h1-5,11,13H,6-10H2,(H,17,22)(H,18,20). The number of amides is 3. The lowest BCUT2D eigenvalue weighted by Gasteiger charge is -2.24. The molecule has 0 spiro atoms. The van der Waals surface area contributed by atoms with Crippen LogP contribution in [0.1, 0.15) is 25.7 Å². The Hall–Kier alpha value is -2.37. The van der Waals surface area contributed by atoms with Gasteiger partial charge in [-0.3, -0.25) is 19.3 Å². The molecule has 1 saturated heterocycles. The van der Waals surface area contributed by atoms with Crippen LogP contribution in [0.15, 0.2) is 30.3 Å². The summed E-state index contributed by atoms with van der Waals surface area (Å²) in [7, 11) is 0. The molecule has 2 fully saturated rings. The lowest BCUT2D eigenvalue weighted by molar-refractivity contribution is -0.127. The van der Waals surface area contributed by atoms with Crippen LogP contribution in [0.2, 0.25) is 0 Å². The molecule has 1 aromatic rings. The molecule has 0 bridgehead atoms. The first-order chi connectivity index (χ1) is 10.6. The Morgan fingerprint density at radius 3 is 2.55 bits per heavy atom. The van der Waals surface area contributed by atoms with Crippen LogP contribution in [-0.2, 0) is 14.4 Å². The molecule has 6 heteroatoms. The van der Waals surface area contributed by atoms with E-state index in [1.165, 1.54) is 4.90 Å². The monoisotopic (exact) mass is 301 g/mol. The number of hydrogen-bond donors (Lipinski definition) is 2. The summed E-state index contributed by atoms with van der Waals surface area (Å²) in [5.74, 6) is -0.513. The summed E-state index contributed by atoms with van der Waals surface area (Å²) in [5.41, 5.74) is 0.715. The first-order valence-corrected chi connectivity index (χ1v) is 7.59. The molecule has 0 radical (unpaired) electrons. The summed E-state index contributed by atoms with van der Waals surface area (Å²) < 4.78 is 0. The first kappa shape index (κ1) is 14.6. The summed E-state index contributed by atoms with van der Waals surface area (Å²) in [6, 6.07) is 8.88. The van der Waals surface area contributed by atoms with Crippen LogP contribution in [0.4, 0.5) is 5.69 Å². The van der Waals surface area contributed by atoms with Crippen LogP contribution >= 0.6 is 0 Å². The predicted octanol–water partition coefficient (Wildman–Crippen LogP) is 0.577. The SMILES string of the molecule is O=C(CNC(=O)C1CCC(=O)N1c1ccccc1)NC1CC1. The van der Waals surface area contributed by atoms with Crippen molar-refractivity contribution < 1.29 is 14.4 Å². The largest absolute Gasteiger partial charge is 0.352 e. The molecule has 6 nitrogen and oxygen atoms in total. The first-order valence-electron chi connectivity index (χ1n) is 7.59. The summed E-state index contributed by atoms with van der Waals surface area (Å²) >= 11 is 0. The van der Waals surface area contributed by atoms with Crippen molar-refractivity contribution in [2.24, 2.45) is 0 Å². The zero-order valence-corrected chi connectivity index (χ0v) is 12.2. The van der Waals surface area contributed by atoms with E-state index in [1.54, 1.807) is 0 Å². The summed E-state index contributed by atoms with van der Waals surface area (Å²) in [6.45, 7) is -0.0390. The molecule has 1 aliphatic heterocycles. The normalized spacial score (nSPS) is 20.8. The number of carbonyl (C=O) groups excluding carboxylic acids is 3. The highest BCUT2D eigenvalue weighted by atomic mass is 16.2. The van der Waals surface area contributed by atoms with Gasteiger partial charge in [-0.1, -0.05) is 18.2 Å². The van der Waals surface area contributed by atoms with E-state index in [1.807, 2.05) is 30.3 Å². The van der Waals surface area contributed by atoms with Crippen LogP contribution in [0.3, 0.4) is 0 Å². The van der Waals surface area contributed by atoms with Gasteiger partial charge in [0.05, 0.1) is 6.54 Å². The second-order valence-electron chi connectivity index (χ2n) is 5.71. The number of nitrogens with zero attached hydrogens (tertiary/aromatic N) is 1. The van der Waals surface area contributed by atoms with Gasteiger partial charge in [-0.2, -0.15) is 0 Å². The lowest BCUT2D eigenvalue weighted by Crippen LogP contribution is -2.47. The minimum absolute atomic E-state index is 0.0390. The molecule has 1 atom stereocenters. The highest BCUT2D eigenvalue weighted by Gasteiger charge is 2.37. The molecule has 22 heavy (non-hydrogen) atoms. The fraction of sp³-hybridized carbons (Fsp3) is 0.438. The van der Waals surface area contributed by atoms with Gasteiger partial charge in [0.25, 0.3) is 0 Å². The van der Waals surface area contributed by atoms with Crippen LogP contribution in [0.25, 0.3) is 0 Å². The minimum Gasteiger partial charge on any atom is -0.352 e. The van der Waals surface area contributed by atoms with Crippen molar-refractivity contribution in [2.45, 2.75) is 37.8 Å². The Kier molecular flexibility index (Phi) is 4.09. The van der Waals surface area contributed by atoms with Crippen molar-refractivity contribution >= 4 is 23.4 Å². The number of anilines is 1. The number of benzene rings is 1. The molecule has 1 saturated carbocycles. The summed E-state index contributed by atoms with van der Waals surface area (Å²) in [6.07, 6.45) is 2.85. The van der Waals surface area contributed by atoms with Gasteiger partial charge >= 0.3 is 0 Å². The third kappa shape index (κ3) is 3.27. The van der Waals surface area contributed by atoms with Gasteiger partial charge in [-0.15, -0.1) is 0 Å². The summed E-state index contributed by atoms with van der Waals surface area (Å²) in [4.78, 5) is 37.5. The average Bonchev–Trinajstić information content (AvgIpc) is 3.25. The molecule has 1 aliphatic carbocycles. The number of carbonyl (C=O) groups is 3. The van der Waals surface area contributed by atoms with Gasteiger partial charge in [-0.25, -0.2) is 0 Å². The highest BCUT2D eigenvalue weighted by Crippen LogP contribution is 2.26. The minimum atomic E-state index is -0.538. The van der Waals surface area contributed by atoms with E-state index in [-0.39, 0.29) is 30.3 Å². The zero-order valence-electron chi connectivity index (χ0n) is 12.2. The quantitative estimate of drug-likeness (QED) is 0.835. The Morgan fingerprint density at radius 2 is 1.86 bits per heavy atom. The second-order valence-corrected chi connectivity index (χ2v) is 5.71. The van der Waals surface area contributed by atoms with Gasteiger partial charge in [0.1, 0.15) is 6.04 Å². The van der Waals surface area contributed by atoms with Crippen molar-refractivity contribution in [3.05, 3.63) is 30.3 Å². The molecular formula is C16H19N3O3. The Bertz CT molecular complexity index is 584. The molecule has 1 unspecified atom stereocenters. The predicted molar refractivity (Wildman–Crippen MR) is 81.1 cm³/mol. The molecule has 2 N–H and O–H groups in total. The van der Waals surface area contributed by atoms with Crippen LogP contribution < -0.4 is 15.5 Å². The molecule has 0 aromatic heterocycles. The van der Waals surface area contributed by atoms with Crippen LogP contribution in [0.5, 0.6) is 0 Å². The van der Waals surface area contributed by atoms with Gasteiger partial charge in [0.2, 0.25) is 17.7 Å². The third-order valence-electron chi connectivity index (χ3n) is 3.91. The molecule has 3 rings (SSSR count).